The Morgan fingerprint density at radius 3 is 2.67 bits per heavy atom. The summed E-state index contributed by atoms with van der Waals surface area (Å²) < 4.78 is 13.4. The van der Waals surface area contributed by atoms with Crippen molar-refractivity contribution in [3.63, 3.8) is 0 Å². The standard InChI is InChI=1S/C8H5ClFN3O2/c1-2-3-5(4(10)6(9)11-2)12-8(15)13-7(3)14/h1H3,(H2,12,13,14,15). The van der Waals surface area contributed by atoms with Crippen LogP contribution in [0, 0.1) is 12.7 Å². The first kappa shape index (κ1) is 9.85. The lowest BCUT2D eigenvalue weighted by atomic mass is 10.2. The second-order valence-electron chi connectivity index (χ2n) is 2.96. The van der Waals surface area contributed by atoms with Crippen LogP contribution in [0.15, 0.2) is 9.59 Å². The first-order valence-corrected chi connectivity index (χ1v) is 4.36. The second kappa shape index (κ2) is 3.16. The van der Waals surface area contributed by atoms with Gasteiger partial charge < -0.3 is 4.98 Å². The van der Waals surface area contributed by atoms with E-state index in [9.17, 15) is 14.0 Å². The fraction of sp³-hybridized carbons (Fsp3) is 0.125. The van der Waals surface area contributed by atoms with Crippen molar-refractivity contribution in [3.05, 3.63) is 37.5 Å². The molecule has 0 amide bonds. The second-order valence-corrected chi connectivity index (χ2v) is 3.32. The van der Waals surface area contributed by atoms with Gasteiger partial charge in [0.2, 0.25) is 0 Å². The van der Waals surface area contributed by atoms with Gasteiger partial charge in [0, 0.05) is 0 Å². The smallest absolute Gasteiger partial charge is 0.304 e. The normalized spacial score (nSPS) is 10.9. The lowest BCUT2D eigenvalue weighted by Gasteiger charge is -2.02. The number of H-pyrrole nitrogens is 2. The van der Waals surface area contributed by atoms with Crippen molar-refractivity contribution in [1.29, 1.82) is 0 Å². The Bertz CT molecular complexity index is 661. The van der Waals surface area contributed by atoms with Crippen molar-refractivity contribution in [2.45, 2.75) is 6.92 Å². The lowest BCUT2D eigenvalue weighted by Crippen LogP contribution is -2.23. The van der Waals surface area contributed by atoms with Gasteiger partial charge in [0.1, 0.15) is 0 Å². The van der Waals surface area contributed by atoms with Crippen molar-refractivity contribution >= 4 is 22.5 Å². The predicted octanol–water partition coefficient (Wildman–Crippen LogP) is 0.712. The largest absolute Gasteiger partial charge is 0.326 e. The molecule has 0 fully saturated rings. The minimum Gasteiger partial charge on any atom is -0.304 e. The summed E-state index contributed by atoms with van der Waals surface area (Å²) in [6, 6.07) is 0. The van der Waals surface area contributed by atoms with Gasteiger partial charge in [0.15, 0.2) is 11.0 Å². The summed E-state index contributed by atoms with van der Waals surface area (Å²) in [5.74, 6) is -0.902. The van der Waals surface area contributed by atoms with E-state index in [2.05, 4.69) is 9.97 Å². The van der Waals surface area contributed by atoms with Gasteiger partial charge in [-0.2, -0.15) is 0 Å². The molecule has 0 saturated heterocycles. The zero-order valence-electron chi connectivity index (χ0n) is 7.52. The molecule has 0 bridgehead atoms. The third-order valence-electron chi connectivity index (χ3n) is 1.97. The summed E-state index contributed by atoms with van der Waals surface area (Å²) in [7, 11) is 0. The van der Waals surface area contributed by atoms with Crippen LogP contribution in [0.3, 0.4) is 0 Å². The van der Waals surface area contributed by atoms with E-state index in [0.29, 0.717) is 0 Å². The zero-order chi connectivity index (χ0) is 11.2. The van der Waals surface area contributed by atoms with Crippen LogP contribution in [0.4, 0.5) is 4.39 Å². The number of nitrogens with zero attached hydrogens (tertiary/aromatic N) is 1. The van der Waals surface area contributed by atoms with Crippen LogP contribution in [0.5, 0.6) is 0 Å². The summed E-state index contributed by atoms with van der Waals surface area (Å²) >= 11 is 5.48. The lowest BCUT2D eigenvalue weighted by molar-refractivity contribution is 0.629. The van der Waals surface area contributed by atoms with Crippen LogP contribution in [0.25, 0.3) is 10.9 Å². The van der Waals surface area contributed by atoms with Gasteiger partial charge in [-0.25, -0.2) is 14.2 Å². The summed E-state index contributed by atoms with van der Waals surface area (Å²) in [4.78, 5) is 30.1. The SMILES string of the molecule is Cc1nc(Cl)c(F)c2[nH]c(=O)[nH]c(=O)c12. The average molecular weight is 230 g/mol. The number of aromatic amines is 2. The Labute approximate surface area is 86.9 Å². The first-order chi connectivity index (χ1) is 7.00. The molecule has 0 atom stereocenters. The number of hydrogen-bond donors (Lipinski definition) is 2. The zero-order valence-corrected chi connectivity index (χ0v) is 8.28. The van der Waals surface area contributed by atoms with E-state index in [-0.39, 0.29) is 21.7 Å². The maximum Gasteiger partial charge on any atom is 0.326 e. The van der Waals surface area contributed by atoms with E-state index in [1.165, 1.54) is 6.92 Å². The molecule has 5 nitrogen and oxygen atoms in total. The summed E-state index contributed by atoms with van der Waals surface area (Å²) in [5, 5.41) is -0.377. The molecule has 2 aromatic heterocycles. The van der Waals surface area contributed by atoms with Gasteiger partial charge in [0.05, 0.1) is 16.6 Å². The van der Waals surface area contributed by atoms with Gasteiger partial charge in [-0.15, -0.1) is 0 Å². The Kier molecular flexibility index (Phi) is 2.08. The van der Waals surface area contributed by atoms with Crippen LogP contribution in [-0.2, 0) is 0 Å². The van der Waals surface area contributed by atoms with Crippen LogP contribution in [0.1, 0.15) is 5.69 Å². The van der Waals surface area contributed by atoms with Gasteiger partial charge in [-0.05, 0) is 6.92 Å². The van der Waals surface area contributed by atoms with E-state index in [1.807, 2.05) is 4.98 Å². The predicted molar refractivity (Wildman–Crippen MR) is 52.7 cm³/mol. The van der Waals surface area contributed by atoms with E-state index in [0.717, 1.165) is 0 Å². The Morgan fingerprint density at radius 2 is 2.00 bits per heavy atom. The molecular formula is C8H5ClFN3O2. The van der Waals surface area contributed by atoms with E-state index in [1.54, 1.807) is 0 Å². The maximum atomic E-state index is 13.4. The molecule has 2 rings (SSSR count). The molecule has 0 aliphatic heterocycles. The van der Waals surface area contributed by atoms with Gasteiger partial charge in [0.25, 0.3) is 5.56 Å². The molecule has 0 saturated carbocycles. The monoisotopic (exact) mass is 229 g/mol. The van der Waals surface area contributed by atoms with Gasteiger partial charge in [-0.1, -0.05) is 11.6 Å². The van der Waals surface area contributed by atoms with E-state index < -0.39 is 17.1 Å². The highest BCUT2D eigenvalue weighted by atomic mass is 35.5. The van der Waals surface area contributed by atoms with Crippen LogP contribution in [0.2, 0.25) is 5.15 Å². The topological polar surface area (TPSA) is 78.6 Å². The summed E-state index contributed by atoms with van der Waals surface area (Å²) in [5.41, 5.74) is -1.43. The number of pyridine rings is 1. The Hall–Kier alpha value is -1.69. The third-order valence-corrected chi connectivity index (χ3v) is 2.22. The third kappa shape index (κ3) is 1.42. The molecule has 7 heteroatoms. The highest BCUT2D eigenvalue weighted by molar-refractivity contribution is 6.30. The van der Waals surface area contributed by atoms with Crippen LogP contribution < -0.4 is 11.2 Å². The molecule has 2 N–H and O–H groups in total. The fourth-order valence-corrected chi connectivity index (χ4v) is 1.57. The van der Waals surface area contributed by atoms with Crippen molar-refractivity contribution in [3.8, 4) is 0 Å². The molecular weight excluding hydrogens is 225 g/mol. The van der Waals surface area contributed by atoms with Crippen molar-refractivity contribution in [1.82, 2.24) is 15.0 Å². The number of rotatable bonds is 0. The Morgan fingerprint density at radius 1 is 1.33 bits per heavy atom. The van der Waals surface area contributed by atoms with Crippen molar-refractivity contribution in [2.24, 2.45) is 0 Å². The molecule has 2 heterocycles. The summed E-state index contributed by atoms with van der Waals surface area (Å²) in [6.07, 6.45) is 0. The van der Waals surface area contributed by atoms with E-state index >= 15 is 0 Å². The first-order valence-electron chi connectivity index (χ1n) is 3.98. The highest BCUT2D eigenvalue weighted by Gasteiger charge is 2.13. The van der Waals surface area contributed by atoms with Crippen molar-refractivity contribution < 1.29 is 4.39 Å². The molecule has 15 heavy (non-hydrogen) atoms. The molecule has 0 aliphatic rings. The van der Waals surface area contributed by atoms with Crippen LogP contribution >= 0.6 is 11.6 Å². The number of halogens is 2. The average Bonchev–Trinajstić information content (AvgIpc) is 2.12. The molecule has 78 valence electrons. The number of aryl methyl sites for hydroxylation is 1. The maximum absolute atomic E-state index is 13.4. The molecule has 2 aromatic rings. The molecule has 0 spiro atoms. The van der Waals surface area contributed by atoms with Gasteiger partial charge >= 0.3 is 5.69 Å². The number of nitrogens with one attached hydrogen (secondary N) is 2. The van der Waals surface area contributed by atoms with E-state index in [4.69, 9.17) is 11.6 Å². The minimum atomic E-state index is -0.902. The molecule has 0 radical (unpaired) electrons. The fourth-order valence-electron chi connectivity index (χ4n) is 1.35. The molecule has 0 aliphatic carbocycles. The number of aromatic nitrogens is 3. The van der Waals surface area contributed by atoms with Gasteiger partial charge in [-0.3, -0.25) is 9.78 Å². The highest BCUT2D eigenvalue weighted by Crippen LogP contribution is 2.19. The summed E-state index contributed by atoms with van der Waals surface area (Å²) in [6.45, 7) is 1.50. The Balaban J connectivity index is 3.17. The van der Waals surface area contributed by atoms with Crippen LogP contribution in [-0.4, -0.2) is 15.0 Å². The molecule has 0 aromatic carbocycles. The minimum absolute atomic E-state index is 0.00324. The van der Waals surface area contributed by atoms with Crippen molar-refractivity contribution in [2.75, 3.05) is 0 Å². The number of fused-ring (bicyclic) bond motifs is 1. The number of hydrogen-bond acceptors (Lipinski definition) is 3. The quantitative estimate of drug-likeness (QED) is 0.653. The molecule has 0 unspecified atom stereocenters.